The van der Waals surface area contributed by atoms with Crippen molar-refractivity contribution >= 4 is 24.8 Å². The molecule has 1 saturated heterocycles. The molecule has 1 aromatic carbocycles. The molecule has 0 amide bonds. The van der Waals surface area contributed by atoms with Gasteiger partial charge in [0.25, 0.3) is 0 Å². The first-order valence-electron chi connectivity index (χ1n) is 6.68. The molecule has 1 atom stereocenters. The summed E-state index contributed by atoms with van der Waals surface area (Å²) in [4.78, 5) is 6.68. The summed E-state index contributed by atoms with van der Waals surface area (Å²) in [5.41, 5.74) is 1.44. The quantitative estimate of drug-likeness (QED) is 0.856. The van der Waals surface area contributed by atoms with Crippen LogP contribution >= 0.6 is 24.8 Å². The lowest BCUT2D eigenvalue weighted by atomic mass is 9.96. The molecule has 0 spiro atoms. The van der Waals surface area contributed by atoms with Crippen LogP contribution in [-0.2, 0) is 6.67 Å². The van der Waals surface area contributed by atoms with Gasteiger partial charge in [0.05, 0.1) is 13.0 Å². The third-order valence-electron chi connectivity index (χ3n) is 3.70. The van der Waals surface area contributed by atoms with E-state index in [-0.39, 0.29) is 24.8 Å². The van der Waals surface area contributed by atoms with Gasteiger partial charge in [-0.25, -0.2) is 4.98 Å². The molecule has 0 N–H and O–H groups in total. The molecule has 2 heterocycles. The van der Waals surface area contributed by atoms with E-state index < -0.39 is 0 Å². The van der Waals surface area contributed by atoms with Gasteiger partial charge in [0.2, 0.25) is 0 Å². The number of nitrogens with zero attached hydrogens (tertiary/aromatic N) is 3. The van der Waals surface area contributed by atoms with Crippen LogP contribution in [0.1, 0.15) is 30.9 Å². The highest BCUT2D eigenvalue weighted by molar-refractivity contribution is 5.85. The molecule has 110 valence electrons. The zero-order valence-electron chi connectivity index (χ0n) is 11.4. The van der Waals surface area contributed by atoms with Gasteiger partial charge in [0.1, 0.15) is 0 Å². The number of halogens is 2. The third kappa shape index (κ3) is 3.98. The van der Waals surface area contributed by atoms with E-state index in [1.54, 1.807) is 0 Å². The number of piperidine rings is 1. The third-order valence-corrected chi connectivity index (χ3v) is 3.70. The Morgan fingerprint density at radius 2 is 1.90 bits per heavy atom. The van der Waals surface area contributed by atoms with E-state index in [0.717, 1.165) is 6.67 Å². The van der Waals surface area contributed by atoms with Crippen LogP contribution < -0.4 is 0 Å². The molecular weight excluding hydrogens is 293 g/mol. The van der Waals surface area contributed by atoms with Gasteiger partial charge in [0, 0.05) is 25.0 Å². The zero-order chi connectivity index (χ0) is 12.2. The van der Waals surface area contributed by atoms with Crippen molar-refractivity contribution in [3.8, 4) is 0 Å². The summed E-state index contributed by atoms with van der Waals surface area (Å²) in [6.45, 7) is 2.12. The molecule has 1 aliphatic heterocycles. The largest absolute Gasteiger partial charge is 0.324 e. The van der Waals surface area contributed by atoms with Crippen LogP contribution in [0.3, 0.4) is 0 Å². The lowest BCUT2D eigenvalue weighted by Crippen LogP contribution is -2.34. The first kappa shape index (κ1) is 17.0. The number of hydrogen-bond acceptors (Lipinski definition) is 2. The predicted octanol–water partition coefficient (Wildman–Crippen LogP) is 3.91. The van der Waals surface area contributed by atoms with Gasteiger partial charge < -0.3 is 4.57 Å². The van der Waals surface area contributed by atoms with E-state index in [1.807, 2.05) is 18.7 Å². The van der Waals surface area contributed by atoms with Crippen molar-refractivity contribution in [3.05, 3.63) is 54.6 Å². The molecule has 1 unspecified atom stereocenters. The molecule has 0 bridgehead atoms. The van der Waals surface area contributed by atoms with Gasteiger partial charge in [-0.1, -0.05) is 36.8 Å². The molecule has 20 heavy (non-hydrogen) atoms. The highest BCUT2D eigenvalue weighted by atomic mass is 35.5. The Morgan fingerprint density at radius 3 is 2.60 bits per heavy atom. The van der Waals surface area contributed by atoms with Crippen LogP contribution in [0.2, 0.25) is 0 Å². The molecule has 1 aliphatic rings. The van der Waals surface area contributed by atoms with E-state index >= 15 is 0 Å². The SMILES string of the molecule is Cl.Cl.c1ccc(C2CCCCN2Cn2ccnc2)cc1. The van der Waals surface area contributed by atoms with Crippen molar-refractivity contribution in [2.45, 2.75) is 32.0 Å². The number of rotatable bonds is 3. The predicted molar refractivity (Wildman–Crippen MR) is 86.5 cm³/mol. The van der Waals surface area contributed by atoms with Crippen LogP contribution in [0.5, 0.6) is 0 Å². The van der Waals surface area contributed by atoms with Crippen LogP contribution in [0.25, 0.3) is 0 Å². The van der Waals surface area contributed by atoms with Gasteiger partial charge in [0.15, 0.2) is 0 Å². The van der Waals surface area contributed by atoms with E-state index in [2.05, 4.69) is 44.8 Å². The number of imidazole rings is 1. The average Bonchev–Trinajstić information content (AvgIpc) is 2.93. The lowest BCUT2D eigenvalue weighted by molar-refractivity contribution is 0.110. The summed E-state index contributed by atoms with van der Waals surface area (Å²) in [6.07, 6.45) is 9.69. The first-order chi connectivity index (χ1) is 8.93. The minimum atomic E-state index is 0. The van der Waals surface area contributed by atoms with E-state index in [9.17, 15) is 0 Å². The van der Waals surface area contributed by atoms with Crippen LogP contribution in [0.15, 0.2) is 49.1 Å². The zero-order valence-corrected chi connectivity index (χ0v) is 13.0. The normalized spacial score (nSPS) is 18.9. The summed E-state index contributed by atoms with van der Waals surface area (Å²) in [5, 5.41) is 0. The first-order valence-corrected chi connectivity index (χ1v) is 6.68. The number of benzene rings is 1. The molecule has 2 aromatic rings. The van der Waals surface area contributed by atoms with Gasteiger partial charge in [-0.3, -0.25) is 4.90 Å². The van der Waals surface area contributed by atoms with Crippen LogP contribution in [-0.4, -0.2) is 21.0 Å². The Morgan fingerprint density at radius 1 is 1.10 bits per heavy atom. The van der Waals surface area contributed by atoms with E-state index in [0.29, 0.717) is 6.04 Å². The summed E-state index contributed by atoms with van der Waals surface area (Å²) >= 11 is 0. The van der Waals surface area contributed by atoms with Gasteiger partial charge in [-0.15, -0.1) is 24.8 Å². The number of aromatic nitrogens is 2. The van der Waals surface area contributed by atoms with Crippen molar-refractivity contribution in [3.63, 3.8) is 0 Å². The molecule has 3 rings (SSSR count). The van der Waals surface area contributed by atoms with E-state index in [1.165, 1.54) is 31.4 Å². The highest BCUT2D eigenvalue weighted by Crippen LogP contribution is 2.30. The van der Waals surface area contributed by atoms with Crippen molar-refractivity contribution in [2.75, 3.05) is 6.54 Å². The van der Waals surface area contributed by atoms with Gasteiger partial charge in [-0.05, 0) is 18.4 Å². The molecule has 0 saturated carbocycles. The second-order valence-corrected chi connectivity index (χ2v) is 4.95. The smallest absolute Gasteiger partial charge is 0.0956 e. The van der Waals surface area contributed by atoms with Crippen molar-refractivity contribution in [1.82, 2.24) is 14.5 Å². The monoisotopic (exact) mass is 313 g/mol. The summed E-state index contributed by atoms with van der Waals surface area (Å²) in [5.74, 6) is 0. The summed E-state index contributed by atoms with van der Waals surface area (Å²) < 4.78 is 2.15. The number of likely N-dealkylation sites (tertiary alicyclic amines) is 1. The van der Waals surface area contributed by atoms with Gasteiger partial charge in [-0.2, -0.15) is 0 Å². The fourth-order valence-corrected chi connectivity index (χ4v) is 2.79. The maximum atomic E-state index is 4.12. The van der Waals surface area contributed by atoms with E-state index in [4.69, 9.17) is 0 Å². The maximum absolute atomic E-state index is 4.12. The molecule has 0 aliphatic carbocycles. The lowest BCUT2D eigenvalue weighted by Gasteiger charge is -2.36. The Hall–Kier alpha value is -1.03. The Labute approximate surface area is 132 Å². The average molecular weight is 314 g/mol. The minimum absolute atomic E-state index is 0. The fourth-order valence-electron chi connectivity index (χ4n) is 2.79. The van der Waals surface area contributed by atoms with Gasteiger partial charge >= 0.3 is 0 Å². The Balaban J connectivity index is 0.000001000. The second-order valence-electron chi connectivity index (χ2n) is 4.95. The summed E-state index contributed by atoms with van der Waals surface area (Å²) in [7, 11) is 0. The highest BCUT2D eigenvalue weighted by Gasteiger charge is 2.23. The molecule has 5 heteroatoms. The second kappa shape index (κ2) is 8.30. The standard InChI is InChI=1S/C15H19N3.2ClH/c1-2-6-14(7-3-1)15-8-4-5-10-18(15)13-17-11-9-16-12-17;;/h1-3,6-7,9,11-12,15H,4-5,8,10,13H2;2*1H. The molecule has 0 radical (unpaired) electrons. The number of hydrogen-bond donors (Lipinski definition) is 0. The fraction of sp³-hybridized carbons (Fsp3) is 0.400. The summed E-state index contributed by atoms with van der Waals surface area (Å²) in [6, 6.07) is 11.4. The van der Waals surface area contributed by atoms with Crippen LogP contribution in [0.4, 0.5) is 0 Å². The maximum Gasteiger partial charge on any atom is 0.0956 e. The molecule has 1 fully saturated rings. The minimum Gasteiger partial charge on any atom is -0.324 e. The molecule has 3 nitrogen and oxygen atoms in total. The molecule has 1 aromatic heterocycles. The topological polar surface area (TPSA) is 21.1 Å². The Kier molecular flexibility index (Phi) is 7.06. The van der Waals surface area contributed by atoms with Crippen molar-refractivity contribution in [2.24, 2.45) is 0 Å². The van der Waals surface area contributed by atoms with Crippen molar-refractivity contribution < 1.29 is 0 Å². The Bertz CT molecular complexity index is 473. The van der Waals surface area contributed by atoms with Crippen molar-refractivity contribution in [1.29, 1.82) is 0 Å². The molecular formula is C15H21Cl2N3. The van der Waals surface area contributed by atoms with Crippen LogP contribution in [0, 0.1) is 0 Å².